The largest absolute Gasteiger partial charge is 0.434 e. The Morgan fingerprint density at radius 3 is 2.65 bits per heavy atom. The van der Waals surface area contributed by atoms with Gasteiger partial charge in [0.1, 0.15) is 5.75 Å². The standard InChI is InChI=1S/C14H14BrF2NOS/c1-2-18-12(13-10(15)7-8-20-13)9-5-3-4-6-11(9)19-14(16)17/h3-8,12,14,18H,2H2,1H3. The van der Waals surface area contributed by atoms with Crippen molar-refractivity contribution in [3.05, 3.63) is 50.6 Å². The average molecular weight is 362 g/mol. The smallest absolute Gasteiger partial charge is 0.387 e. The highest BCUT2D eigenvalue weighted by Gasteiger charge is 2.21. The molecule has 0 amide bonds. The van der Waals surface area contributed by atoms with E-state index < -0.39 is 6.61 Å². The van der Waals surface area contributed by atoms with Crippen LogP contribution in [0.1, 0.15) is 23.4 Å². The zero-order valence-electron chi connectivity index (χ0n) is 10.8. The van der Waals surface area contributed by atoms with Gasteiger partial charge in [-0.15, -0.1) is 11.3 Å². The lowest BCUT2D eigenvalue weighted by Crippen LogP contribution is -2.22. The third-order valence-electron chi connectivity index (χ3n) is 2.76. The van der Waals surface area contributed by atoms with Gasteiger partial charge in [0.05, 0.1) is 6.04 Å². The summed E-state index contributed by atoms with van der Waals surface area (Å²) in [6.07, 6.45) is 0. The maximum absolute atomic E-state index is 12.5. The van der Waals surface area contributed by atoms with E-state index in [1.807, 2.05) is 24.4 Å². The second kappa shape index (κ2) is 7.15. The molecule has 6 heteroatoms. The Bertz CT molecular complexity index is 562. The predicted molar refractivity (Wildman–Crippen MR) is 80.6 cm³/mol. The fourth-order valence-electron chi connectivity index (χ4n) is 1.98. The lowest BCUT2D eigenvalue weighted by molar-refractivity contribution is -0.0506. The molecule has 2 rings (SSSR count). The highest BCUT2D eigenvalue weighted by atomic mass is 79.9. The summed E-state index contributed by atoms with van der Waals surface area (Å²) in [6.45, 7) is -0.131. The minimum Gasteiger partial charge on any atom is -0.434 e. The van der Waals surface area contributed by atoms with E-state index in [-0.39, 0.29) is 11.8 Å². The Balaban J connectivity index is 2.42. The van der Waals surface area contributed by atoms with Crippen molar-refractivity contribution in [2.24, 2.45) is 0 Å². The number of para-hydroxylation sites is 1. The molecule has 2 aromatic rings. The number of ether oxygens (including phenoxy) is 1. The number of nitrogens with one attached hydrogen (secondary N) is 1. The second-order valence-corrected chi connectivity index (χ2v) is 5.84. The third kappa shape index (κ3) is 3.56. The molecule has 20 heavy (non-hydrogen) atoms. The normalized spacial score (nSPS) is 12.7. The topological polar surface area (TPSA) is 21.3 Å². The van der Waals surface area contributed by atoms with Gasteiger partial charge in [0.25, 0.3) is 0 Å². The summed E-state index contributed by atoms with van der Waals surface area (Å²) in [5.74, 6) is 0.203. The first-order chi connectivity index (χ1) is 9.63. The van der Waals surface area contributed by atoms with Crippen LogP contribution in [0.4, 0.5) is 8.78 Å². The van der Waals surface area contributed by atoms with E-state index in [0.29, 0.717) is 5.56 Å². The molecule has 1 atom stereocenters. The minimum absolute atomic E-state index is 0.177. The number of halogens is 3. The first-order valence-electron chi connectivity index (χ1n) is 6.13. The van der Waals surface area contributed by atoms with Gasteiger partial charge in [0.15, 0.2) is 0 Å². The summed E-state index contributed by atoms with van der Waals surface area (Å²) in [5, 5.41) is 5.27. The maximum atomic E-state index is 12.5. The Kier molecular flexibility index (Phi) is 5.51. The predicted octanol–water partition coefficient (Wildman–Crippen LogP) is 4.81. The average Bonchev–Trinajstić information content (AvgIpc) is 2.82. The van der Waals surface area contributed by atoms with Crippen molar-refractivity contribution in [3.63, 3.8) is 0 Å². The van der Waals surface area contributed by atoms with Gasteiger partial charge in [-0.1, -0.05) is 25.1 Å². The molecule has 0 bridgehead atoms. The van der Waals surface area contributed by atoms with Crippen molar-refractivity contribution in [2.75, 3.05) is 6.54 Å². The Hall–Kier alpha value is -0.980. The Morgan fingerprint density at radius 2 is 2.05 bits per heavy atom. The molecular weight excluding hydrogens is 348 g/mol. The summed E-state index contributed by atoms with van der Waals surface area (Å²) >= 11 is 5.06. The van der Waals surface area contributed by atoms with E-state index in [0.717, 1.165) is 15.9 Å². The molecule has 0 aliphatic heterocycles. The van der Waals surface area contributed by atoms with Crippen molar-refractivity contribution in [1.82, 2.24) is 5.32 Å². The van der Waals surface area contributed by atoms with Crippen LogP contribution >= 0.6 is 27.3 Å². The van der Waals surface area contributed by atoms with Crippen LogP contribution in [0.2, 0.25) is 0 Å². The van der Waals surface area contributed by atoms with E-state index in [1.165, 1.54) is 0 Å². The van der Waals surface area contributed by atoms with Gasteiger partial charge in [-0.3, -0.25) is 0 Å². The Morgan fingerprint density at radius 1 is 1.30 bits per heavy atom. The van der Waals surface area contributed by atoms with E-state index >= 15 is 0 Å². The monoisotopic (exact) mass is 361 g/mol. The lowest BCUT2D eigenvalue weighted by Gasteiger charge is -2.20. The van der Waals surface area contributed by atoms with Gasteiger partial charge < -0.3 is 10.1 Å². The van der Waals surface area contributed by atoms with Crippen LogP contribution in [-0.2, 0) is 0 Å². The summed E-state index contributed by atoms with van der Waals surface area (Å²) in [6, 6.07) is 8.64. The minimum atomic E-state index is -2.83. The van der Waals surface area contributed by atoms with Crippen molar-refractivity contribution in [1.29, 1.82) is 0 Å². The van der Waals surface area contributed by atoms with Crippen molar-refractivity contribution in [2.45, 2.75) is 19.6 Å². The summed E-state index contributed by atoms with van der Waals surface area (Å²) < 4.78 is 30.6. The first kappa shape index (κ1) is 15.4. The number of hydrogen-bond donors (Lipinski definition) is 1. The van der Waals surface area contributed by atoms with Crippen molar-refractivity contribution >= 4 is 27.3 Å². The first-order valence-corrected chi connectivity index (χ1v) is 7.80. The van der Waals surface area contributed by atoms with Crippen LogP contribution in [0.15, 0.2) is 40.2 Å². The highest BCUT2D eigenvalue weighted by molar-refractivity contribution is 9.10. The fraction of sp³-hybridized carbons (Fsp3) is 0.286. The molecule has 2 nitrogen and oxygen atoms in total. The van der Waals surface area contributed by atoms with E-state index in [4.69, 9.17) is 0 Å². The lowest BCUT2D eigenvalue weighted by atomic mass is 10.0. The maximum Gasteiger partial charge on any atom is 0.387 e. The quantitative estimate of drug-likeness (QED) is 0.796. The molecule has 0 saturated heterocycles. The van der Waals surface area contributed by atoms with Crippen LogP contribution in [-0.4, -0.2) is 13.2 Å². The number of hydrogen-bond acceptors (Lipinski definition) is 3. The molecule has 1 heterocycles. The number of alkyl halides is 2. The number of benzene rings is 1. The van der Waals surface area contributed by atoms with Crippen LogP contribution in [0, 0.1) is 0 Å². The third-order valence-corrected chi connectivity index (χ3v) is 4.70. The van der Waals surface area contributed by atoms with Gasteiger partial charge >= 0.3 is 6.61 Å². The van der Waals surface area contributed by atoms with Gasteiger partial charge in [-0.2, -0.15) is 8.78 Å². The van der Waals surface area contributed by atoms with E-state index in [9.17, 15) is 8.78 Å². The Labute approximate surface area is 128 Å². The molecule has 0 fully saturated rings. The fourth-order valence-corrected chi connectivity index (χ4v) is 3.68. The molecule has 1 unspecified atom stereocenters. The van der Waals surface area contributed by atoms with E-state index in [2.05, 4.69) is 26.0 Å². The summed E-state index contributed by atoms with van der Waals surface area (Å²) in [7, 11) is 0. The molecule has 1 aromatic carbocycles. The van der Waals surface area contributed by atoms with Gasteiger partial charge in [0, 0.05) is 14.9 Å². The van der Waals surface area contributed by atoms with Crippen molar-refractivity contribution in [3.8, 4) is 5.75 Å². The number of rotatable bonds is 6. The van der Waals surface area contributed by atoms with Gasteiger partial charge in [0.2, 0.25) is 0 Å². The summed E-state index contributed by atoms with van der Waals surface area (Å²) in [5.41, 5.74) is 0.706. The van der Waals surface area contributed by atoms with Crippen molar-refractivity contribution < 1.29 is 13.5 Å². The zero-order valence-corrected chi connectivity index (χ0v) is 13.2. The molecule has 0 spiro atoms. The van der Waals surface area contributed by atoms with Gasteiger partial charge in [-0.25, -0.2) is 0 Å². The molecule has 1 aromatic heterocycles. The van der Waals surface area contributed by atoms with Crippen LogP contribution in [0.5, 0.6) is 5.75 Å². The van der Waals surface area contributed by atoms with Crippen LogP contribution in [0.3, 0.4) is 0 Å². The second-order valence-electron chi connectivity index (χ2n) is 4.04. The molecular formula is C14H14BrF2NOS. The van der Waals surface area contributed by atoms with Gasteiger partial charge in [-0.05, 0) is 40.0 Å². The van der Waals surface area contributed by atoms with Crippen LogP contribution in [0.25, 0.3) is 0 Å². The number of thiophene rings is 1. The van der Waals surface area contributed by atoms with Crippen LogP contribution < -0.4 is 10.1 Å². The highest BCUT2D eigenvalue weighted by Crippen LogP contribution is 2.37. The van der Waals surface area contributed by atoms with E-state index in [1.54, 1.807) is 29.5 Å². The molecule has 108 valence electrons. The molecule has 0 saturated carbocycles. The molecule has 1 N–H and O–H groups in total. The molecule has 0 radical (unpaired) electrons. The zero-order chi connectivity index (χ0) is 14.5. The molecule has 0 aliphatic carbocycles. The molecule has 0 aliphatic rings. The SMILES string of the molecule is CCNC(c1ccccc1OC(F)F)c1sccc1Br. The summed E-state index contributed by atoms with van der Waals surface area (Å²) in [4.78, 5) is 1.04.